The Kier molecular flexibility index (Phi) is 13.2. The van der Waals surface area contributed by atoms with Crippen LogP contribution in [0.15, 0.2) is 0 Å². The highest BCUT2D eigenvalue weighted by atomic mass is 16.4. The molecule has 0 aromatic carbocycles. The summed E-state index contributed by atoms with van der Waals surface area (Å²) in [7, 11) is 0. The van der Waals surface area contributed by atoms with Crippen LogP contribution in [0.3, 0.4) is 0 Å². The molecular weight excluding hydrogens is 434 g/mol. The van der Waals surface area contributed by atoms with Crippen LogP contribution in [-0.4, -0.2) is 70.1 Å². The summed E-state index contributed by atoms with van der Waals surface area (Å²) in [6.07, 6.45) is -0.695. The van der Waals surface area contributed by atoms with Gasteiger partial charge in [-0.3, -0.25) is 19.2 Å². The second-order valence-corrected chi connectivity index (χ2v) is 8.41. The molecule has 4 amide bonds. The zero-order chi connectivity index (χ0) is 25.9. The van der Waals surface area contributed by atoms with Crippen LogP contribution >= 0.6 is 0 Å². The van der Waals surface area contributed by atoms with E-state index in [0.717, 1.165) is 0 Å². The molecule has 7 atom stereocenters. The van der Waals surface area contributed by atoms with E-state index in [9.17, 15) is 34.2 Å². The summed E-state index contributed by atoms with van der Waals surface area (Å²) in [6, 6.07) is -4.88. The molecule has 0 aliphatic heterocycles. The molecule has 0 bridgehead atoms. The number of carboxylic acids is 1. The molecule has 0 fully saturated rings. The van der Waals surface area contributed by atoms with Crippen molar-refractivity contribution in [1.82, 2.24) is 16.0 Å². The molecule has 0 saturated heterocycles. The maximum Gasteiger partial charge on any atom is 0.326 e. The summed E-state index contributed by atoms with van der Waals surface area (Å²) in [5.74, 6) is -4.91. The van der Waals surface area contributed by atoms with Crippen LogP contribution in [0.2, 0.25) is 0 Å². The minimum absolute atomic E-state index is 0.176. The Morgan fingerprint density at radius 1 is 0.818 bits per heavy atom. The van der Waals surface area contributed by atoms with E-state index in [-0.39, 0.29) is 18.8 Å². The number of aliphatic carboxylic acids is 1. The molecule has 0 aromatic rings. The average Bonchev–Trinajstić information content (AvgIpc) is 2.75. The Bertz CT molecular complexity index is 700. The second-order valence-electron chi connectivity index (χ2n) is 8.41. The number of amides is 4. The first-order chi connectivity index (χ1) is 15.3. The van der Waals surface area contributed by atoms with Gasteiger partial charge in [-0.1, -0.05) is 40.5 Å². The Morgan fingerprint density at radius 3 is 1.76 bits per heavy atom. The second kappa shape index (κ2) is 14.4. The van der Waals surface area contributed by atoms with Crippen molar-refractivity contribution in [2.45, 2.75) is 90.6 Å². The third kappa shape index (κ3) is 10.2. The molecule has 0 saturated carbocycles. The summed E-state index contributed by atoms with van der Waals surface area (Å²) in [5.41, 5.74) is 11.0. The van der Waals surface area contributed by atoms with E-state index in [2.05, 4.69) is 16.0 Å². The van der Waals surface area contributed by atoms with Gasteiger partial charge in [0.15, 0.2) is 0 Å². The molecule has 9 N–H and O–H groups in total. The molecule has 12 heteroatoms. The average molecular weight is 474 g/mol. The molecule has 0 radical (unpaired) electrons. The van der Waals surface area contributed by atoms with Gasteiger partial charge in [-0.05, 0) is 25.2 Å². The lowest BCUT2D eigenvalue weighted by Gasteiger charge is -2.28. The minimum Gasteiger partial charge on any atom is -0.480 e. The van der Waals surface area contributed by atoms with Crippen molar-refractivity contribution in [3.63, 3.8) is 0 Å². The number of carbonyl (C=O) groups is 5. The zero-order valence-corrected chi connectivity index (χ0v) is 20.0. The predicted octanol–water partition coefficient (Wildman–Crippen LogP) is -1.41. The SMILES string of the molecule is CCC(C)C(N)C(=O)NC(C(=O)NC(CCC(N)=O)C(=O)NC(C(=O)O)C(C)CC)C(C)O. The van der Waals surface area contributed by atoms with Crippen molar-refractivity contribution < 1.29 is 34.2 Å². The van der Waals surface area contributed by atoms with Gasteiger partial charge in [-0.2, -0.15) is 0 Å². The van der Waals surface area contributed by atoms with E-state index >= 15 is 0 Å². The van der Waals surface area contributed by atoms with Crippen molar-refractivity contribution in [1.29, 1.82) is 0 Å². The molecule has 33 heavy (non-hydrogen) atoms. The zero-order valence-electron chi connectivity index (χ0n) is 20.0. The van der Waals surface area contributed by atoms with Crippen molar-refractivity contribution >= 4 is 29.6 Å². The van der Waals surface area contributed by atoms with Gasteiger partial charge in [0.25, 0.3) is 0 Å². The predicted molar refractivity (Wildman–Crippen MR) is 120 cm³/mol. The highest BCUT2D eigenvalue weighted by molar-refractivity contribution is 5.94. The maximum absolute atomic E-state index is 12.8. The van der Waals surface area contributed by atoms with Gasteiger partial charge >= 0.3 is 5.97 Å². The van der Waals surface area contributed by atoms with Gasteiger partial charge in [0, 0.05) is 6.42 Å². The number of carbonyl (C=O) groups excluding carboxylic acids is 4. The highest BCUT2D eigenvalue weighted by Gasteiger charge is 2.34. The van der Waals surface area contributed by atoms with Gasteiger partial charge in [0.1, 0.15) is 18.1 Å². The van der Waals surface area contributed by atoms with E-state index in [4.69, 9.17) is 11.5 Å². The lowest BCUT2D eigenvalue weighted by molar-refractivity contribution is -0.144. The molecule has 190 valence electrons. The Morgan fingerprint density at radius 2 is 1.33 bits per heavy atom. The summed E-state index contributed by atoms with van der Waals surface area (Å²) in [5, 5.41) is 26.6. The molecule has 7 unspecified atom stereocenters. The number of aliphatic hydroxyl groups is 1. The molecule has 0 heterocycles. The fraction of sp³-hybridized carbons (Fsp3) is 0.762. The normalized spacial score (nSPS) is 17.4. The number of rotatable bonds is 15. The van der Waals surface area contributed by atoms with Crippen molar-refractivity contribution in [3.8, 4) is 0 Å². The van der Waals surface area contributed by atoms with E-state index in [1.54, 1.807) is 20.8 Å². The first-order valence-corrected chi connectivity index (χ1v) is 11.1. The van der Waals surface area contributed by atoms with E-state index in [0.29, 0.717) is 12.8 Å². The smallest absolute Gasteiger partial charge is 0.326 e. The van der Waals surface area contributed by atoms with Crippen LogP contribution in [0.25, 0.3) is 0 Å². The fourth-order valence-corrected chi connectivity index (χ4v) is 2.92. The third-order valence-corrected chi connectivity index (χ3v) is 5.71. The van der Waals surface area contributed by atoms with E-state index in [1.807, 2.05) is 6.92 Å². The third-order valence-electron chi connectivity index (χ3n) is 5.71. The molecule has 0 aromatic heterocycles. The Balaban J connectivity index is 5.58. The maximum atomic E-state index is 12.8. The van der Waals surface area contributed by atoms with Crippen LogP contribution in [0.5, 0.6) is 0 Å². The van der Waals surface area contributed by atoms with Crippen molar-refractivity contribution in [2.75, 3.05) is 0 Å². The van der Waals surface area contributed by atoms with Gasteiger partial charge in [-0.25, -0.2) is 4.79 Å². The fourth-order valence-electron chi connectivity index (χ4n) is 2.92. The van der Waals surface area contributed by atoms with Gasteiger partial charge in [0.2, 0.25) is 23.6 Å². The minimum atomic E-state index is -1.43. The lowest BCUT2D eigenvalue weighted by Crippen LogP contribution is -2.60. The van der Waals surface area contributed by atoms with Crippen molar-refractivity contribution in [3.05, 3.63) is 0 Å². The lowest BCUT2D eigenvalue weighted by atomic mass is 9.98. The first-order valence-electron chi connectivity index (χ1n) is 11.1. The van der Waals surface area contributed by atoms with E-state index in [1.165, 1.54) is 6.92 Å². The number of nitrogens with one attached hydrogen (secondary N) is 3. The number of carboxylic acid groups (broad SMARTS) is 1. The highest BCUT2D eigenvalue weighted by Crippen LogP contribution is 2.10. The summed E-state index contributed by atoms with van der Waals surface area (Å²) < 4.78 is 0. The number of aliphatic hydroxyl groups excluding tert-OH is 1. The Hall–Kier alpha value is -2.73. The van der Waals surface area contributed by atoms with Crippen molar-refractivity contribution in [2.24, 2.45) is 23.3 Å². The van der Waals surface area contributed by atoms with Gasteiger partial charge in [-0.15, -0.1) is 0 Å². The summed E-state index contributed by atoms with van der Waals surface area (Å²) >= 11 is 0. The molecular formula is C21H39N5O7. The molecule has 0 aliphatic carbocycles. The molecule has 12 nitrogen and oxygen atoms in total. The Labute approximate surface area is 194 Å². The number of hydrogen-bond donors (Lipinski definition) is 7. The van der Waals surface area contributed by atoms with Crippen LogP contribution in [-0.2, 0) is 24.0 Å². The number of hydrogen-bond acceptors (Lipinski definition) is 7. The molecule has 0 aliphatic rings. The largest absolute Gasteiger partial charge is 0.480 e. The van der Waals surface area contributed by atoms with Crippen LogP contribution in [0, 0.1) is 11.8 Å². The monoisotopic (exact) mass is 473 g/mol. The van der Waals surface area contributed by atoms with E-state index < -0.39 is 65.8 Å². The van der Waals surface area contributed by atoms with Gasteiger partial charge in [0.05, 0.1) is 12.1 Å². The topological polar surface area (TPSA) is 214 Å². The van der Waals surface area contributed by atoms with Gasteiger partial charge < -0.3 is 37.6 Å². The molecule has 0 rings (SSSR count). The van der Waals surface area contributed by atoms with Crippen LogP contribution in [0.1, 0.15) is 60.3 Å². The van der Waals surface area contributed by atoms with Crippen LogP contribution < -0.4 is 27.4 Å². The number of nitrogens with two attached hydrogens (primary N) is 2. The molecule has 0 spiro atoms. The summed E-state index contributed by atoms with van der Waals surface area (Å²) in [6.45, 7) is 8.31. The quantitative estimate of drug-likeness (QED) is 0.150. The first kappa shape index (κ1) is 30.3. The summed E-state index contributed by atoms with van der Waals surface area (Å²) in [4.78, 5) is 60.7. The standard InChI is InChI=1S/C21H39N5O7/c1-6-10(3)15(23)19(30)26-17(12(5)27)20(31)24-13(8-9-14(22)28)18(29)25-16(21(32)33)11(4)7-2/h10-13,15-17,27H,6-9,23H2,1-5H3,(H2,22,28)(H,24,31)(H,25,29)(H,26,30)(H,32,33). The van der Waals surface area contributed by atoms with Crippen LogP contribution in [0.4, 0.5) is 0 Å². The number of primary amides is 1.